The van der Waals surface area contributed by atoms with Crippen molar-refractivity contribution in [1.82, 2.24) is 5.32 Å². The molecule has 0 fully saturated rings. The highest BCUT2D eigenvalue weighted by Crippen LogP contribution is 2.14. The van der Waals surface area contributed by atoms with Gasteiger partial charge in [-0.2, -0.15) is 0 Å². The summed E-state index contributed by atoms with van der Waals surface area (Å²) in [5.74, 6) is -1.43. The van der Waals surface area contributed by atoms with Gasteiger partial charge < -0.3 is 20.9 Å². The summed E-state index contributed by atoms with van der Waals surface area (Å²) in [5, 5.41) is 11.4. The third-order valence-corrected chi connectivity index (χ3v) is 2.14. The largest absolute Gasteiger partial charge is 0.478 e. The molecular formula is C11H14N2O4. The smallest absolute Gasteiger partial charge is 0.337 e. The van der Waals surface area contributed by atoms with Crippen LogP contribution in [0.25, 0.3) is 0 Å². The molecule has 1 amide bonds. The molecule has 0 heterocycles. The third-order valence-electron chi connectivity index (χ3n) is 2.14. The van der Waals surface area contributed by atoms with Gasteiger partial charge in [-0.3, -0.25) is 4.79 Å². The van der Waals surface area contributed by atoms with E-state index < -0.39 is 5.97 Å². The molecule has 1 aromatic rings. The predicted molar refractivity (Wildman–Crippen MR) is 62.0 cm³/mol. The first-order chi connectivity index (χ1) is 8.06. The fourth-order valence-corrected chi connectivity index (χ4v) is 1.27. The Hall–Kier alpha value is -2.08. The molecule has 0 aliphatic carbocycles. The van der Waals surface area contributed by atoms with Gasteiger partial charge >= 0.3 is 5.97 Å². The molecule has 0 bridgehead atoms. The lowest BCUT2D eigenvalue weighted by Crippen LogP contribution is -2.27. The summed E-state index contributed by atoms with van der Waals surface area (Å²) in [6.45, 7) is 0.796. The number of amides is 1. The summed E-state index contributed by atoms with van der Waals surface area (Å²) in [4.78, 5) is 22.3. The maximum Gasteiger partial charge on any atom is 0.337 e. The lowest BCUT2D eigenvalue weighted by molar-refractivity contribution is 0.0697. The number of ether oxygens (including phenoxy) is 1. The van der Waals surface area contributed by atoms with Crippen LogP contribution in [0.1, 0.15) is 20.7 Å². The quantitative estimate of drug-likeness (QED) is 0.507. The molecule has 0 aliphatic rings. The van der Waals surface area contributed by atoms with Crippen LogP contribution in [0.5, 0.6) is 0 Å². The Morgan fingerprint density at radius 1 is 1.47 bits per heavy atom. The molecule has 0 atom stereocenters. The van der Waals surface area contributed by atoms with E-state index in [1.807, 2.05) is 0 Å². The molecular weight excluding hydrogens is 224 g/mol. The normalized spacial score (nSPS) is 9.94. The van der Waals surface area contributed by atoms with Crippen molar-refractivity contribution in [2.24, 2.45) is 0 Å². The van der Waals surface area contributed by atoms with Gasteiger partial charge in [0.1, 0.15) is 0 Å². The molecule has 0 radical (unpaired) electrons. The van der Waals surface area contributed by atoms with E-state index in [4.69, 9.17) is 15.6 Å². The van der Waals surface area contributed by atoms with Crippen LogP contribution in [0.15, 0.2) is 18.2 Å². The number of hydrogen-bond donors (Lipinski definition) is 3. The Balaban J connectivity index is 2.76. The van der Waals surface area contributed by atoms with Crippen molar-refractivity contribution in [1.29, 1.82) is 0 Å². The summed E-state index contributed by atoms with van der Waals surface area (Å²) in [5.41, 5.74) is 5.90. The number of carbonyl (C=O) groups is 2. The van der Waals surface area contributed by atoms with E-state index in [0.29, 0.717) is 18.7 Å². The van der Waals surface area contributed by atoms with Crippen LogP contribution in [-0.4, -0.2) is 37.2 Å². The van der Waals surface area contributed by atoms with E-state index >= 15 is 0 Å². The molecule has 0 saturated carbocycles. The van der Waals surface area contributed by atoms with Crippen LogP contribution in [0.2, 0.25) is 0 Å². The van der Waals surface area contributed by atoms with Crippen molar-refractivity contribution >= 4 is 17.6 Å². The number of anilines is 1. The summed E-state index contributed by atoms with van der Waals surface area (Å²) >= 11 is 0. The summed E-state index contributed by atoms with van der Waals surface area (Å²) < 4.78 is 4.79. The number of methoxy groups -OCH3 is 1. The van der Waals surface area contributed by atoms with Gasteiger partial charge in [-0.1, -0.05) is 0 Å². The number of hydrogen-bond acceptors (Lipinski definition) is 4. The van der Waals surface area contributed by atoms with Crippen LogP contribution in [0.3, 0.4) is 0 Å². The minimum Gasteiger partial charge on any atom is -0.478 e. The Kier molecular flexibility index (Phi) is 4.47. The number of benzene rings is 1. The van der Waals surface area contributed by atoms with Crippen molar-refractivity contribution in [2.75, 3.05) is 26.0 Å². The van der Waals surface area contributed by atoms with Crippen molar-refractivity contribution < 1.29 is 19.4 Å². The highest BCUT2D eigenvalue weighted by molar-refractivity contribution is 5.99. The molecule has 92 valence electrons. The Labute approximate surface area is 98.4 Å². The molecule has 0 aromatic heterocycles. The Morgan fingerprint density at radius 2 is 2.18 bits per heavy atom. The molecule has 1 rings (SSSR count). The number of aromatic carboxylic acids is 1. The van der Waals surface area contributed by atoms with Crippen molar-refractivity contribution in [3.8, 4) is 0 Å². The zero-order valence-corrected chi connectivity index (χ0v) is 9.40. The van der Waals surface area contributed by atoms with E-state index in [1.54, 1.807) is 0 Å². The monoisotopic (exact) mass is 238 g/mol. The van der Waals surface area contributed by atoms with Crippen LogP contribution in [0.4, 0.5) is 5.69 Å². The average molecular weight is 238 g/mol. The van der Waals surface area contributed by atoms with Gasteiger partial charge in [0.05, 0.1) is 12.2 Å². The number of nitrogen functional groups attached to an aromatic ring is 1. The first kappa shape index (κ1) is 13.0. The van der Waals surface area contributed by atoms with Crippen molar-refractivity contribution in [3.63, 3.8) is 0 Å². The van der Waals surface area contributed by atoms with Gasteiger partial charge in [0, 0.05) is 24.9 Å². The standard InChI is InChI=1S/C11H14N2O4/c1-17-5-4-13-10(14)7-2-3-8(11(15)16)9(12)6-7/h2-3,6H,4-5,12H2,1H3,(H,13,14)(H,15,16). The number of nitrogens with one attached hydrogen (secondary N) is 1. The van der Waals surface area contributed by atoms with Crippen LogP contribution >= 0.6 is 0 Å². The van der Waals surface area contributed by atoms with E-state index in [1.165, 1.54) is 25.3 Å². The first-order valence-corrected chi connectivity index (χ1v) is 4.96. The second-order valence-corrected chi connectivity index (χ2v) is 3.36. The highest BCUT2D eigenvalue weighted by Gasteiger charge is 2.11. The highest BCUT2D eigenvalue weighted by atomic mass is 16.5. The SMILES string of the molecule is COCCNC(=O)c1ccc(C(=O)O)c(N)c1. The number of carboxylic acid groups (broad SMARTS) is 1. The molecule has 0 aliphatic heterocycles. The summed E-state index contributed by atoms with van der Waals surface area (Å²) in [6.07, 6.45) is 0. The van der Waals surface area contributed by atoms with Gasteiger partial charge in [0.15, 0.2) is 0 Å². The average Bonchev–Trinajstić information content (AvgIpc) is 2.28. The Bertz CT molecular complexity index is 431. The topological polar surface area (TPSA) is 102 Å². The maximum absolute atomic E-state index is 11.6. The molecule has 6 heteroatoms. The third kappa shape index (κ3) is 3.46. The van der Waals surface area contributed by atoms with Gasteiger partial charge in [-0.25, -0.2) is 4.79 Å². The van der Waals surface area contributed by atoms with Crippen LogP contribution < -0.4 is 11.1 Å². The first-order valence-electron chi connectivity index (χ1n) is 4.96. The molecule has 0 unspecified atom stereocenters. The lowest BCUT2D eigenvalue weighted by atomic mass is 10.1. The molecule has 1 aromatic carbocycles. The van der Waals surface area contributed by atoms with Crippen LogP contribution in [0, 0.1) is 0 Å². The fourth-order valence-electron chi connectivity index (χ4n) is 1.27. The fraction of sp³-hybridized carbons (Fsp3) is 0.273. The minimum atomic E-state index is -1.12. The van der Waals surface area contributed by atoms with Crippen molar-refractivity contribution in [2.45, 2.75) is 0 Å². The van der Waals surface area contributed by atoms with Gasteiger partial charge in [0.25, 0.3) is 5.91 Å². The summed E-state index contributed by atoms with van der Waals surface area (Å²) in [7, 11) is 1.53. The zero-order chi connectivity index (χ0) is 12.8. The molecule has 6 nitrogen and oxygen atoms in total. The maximum atomic E-state index is 11.6. The second-order valence-electron chi connectivity index (χ2n) is 3.36. The van der Waals surface area contributed by atoms with E-state index in [2.05, 4.69) is 5.32 Å². The van der Waals surface area contributed by atoms with Gasteiger partial charge in [-0.05, 0) is 18.2 Å². The Morgan fingerprint density at radius 3 is 2.71 bits per heavy atom. The molecule has 0 spiro atoms. The number of rotatable bonds is 5. The van der Waals surface area contributed by atoms with Crippen LogP contribution in [-0.2, 0) is 4.74 Å². The predicted octanol–water partition coefficient (Wildman–Crippen LogP) is 0.343. The zero-order valence-electron chi connectivity index (χ0n) is 9.40. The molecule has 17 heavy (non-hydrogen) atoms. The second kappa shape index (κ2) is 5.86. The number of carboxylic acids is 1. The van der Waals surface area contributed by atoms with Gasteiger partial charge in [0.2, 0.25) is 0 Å². The molecule has 4 N–H and O–H groups in total. The van der Waals surface area contributed by atoms with E-state index in [0.717, 1.165) is 0 Å². The molecule has 0 saturated heterocycles. The van der Waals surface area contributed by atoms with Crippen molar-refractivity contribution in [3.05, 3.63) is 29.3 Å². The van der Waals surface area contributed by atoms with Gasteiger partial charge in [-0.15, -0.1) is 0 Å². The minimum absolute atomic E-state index is 0.0153. The van der Waals surface area contributed by atoms with E-state index in [-0.39, 0.29) is 17.2 Å². The summed E-state index contributed by atoms with van der Waals surface area (Å²) in [6, 6.07) is 4.07. The van der Waals surface area contributed by atoms with E-state index in [9.17, 15) is 9.59 Å². The number of carbonyl (C=O) groups excluding carboxylic acids is 1. The number of nitrogens with two attached hydrogens (primary N) is 1. The lowest BCUT2D eigenvalue weighted by Gasteiger charge is -2.06.